The normalized spacial score (nSPS) is 11.6. The topological polar surface area (TPSA) is 18.5 Å². The molecule has 0 spiro atoms. The highest BCUT2D eigenvalue weighted by molar-refractivity contribution is 5.38. The molecule has 1 aromatic rings. The first-order valence-corrected chi connectivity index (χ1v) is 5.31. The molecule has 3 heteroatoms. The molecule has 0 amide bonds. The van der Waals surface area contributed by atoms with Gasteiger partial charge in [-0.1, -0.05) is 12.1 Å². The molecule has 16 heavy (non-hydrogen) atoms. The van der Waals surface area contributed by atoms with E-state index in [4.69, 9.17) is 9.47 Å². The number of benzene rings is 1. The molecule has 1 rings (SSSR count). The lowest BCUT2D eigenvalue weighted by atomic mass is 10.1. The van der Waals surface area contributed by atoms with Gasteiger partial charge in [0.2, 0.25) is 0 Å². The summed E-state index contributed by atoms with van der Waals surface area (Å²) in [5, 5.41) is 0. The number of hydrogen-bond acceptors (Lipinski definition) is 2. The minimum absolute atomic E-state index is 0.256. The average molecular weight is 226 g/mol. The highest BCUT2D eigenvalue weighted by Crippen LogP contribution is 2.26. The molecule has 0 fully saturated rings. The van der Waals surface area contributed by atoms with Crippen molar-refractivity contribution < 1.29 is 13.9 Å². The third kappa shape index (κ3) is 3.20. The lowest BCUT2D eigenvalue weighted by Gasteiger charge is -2.20. The van der Waals surface area contributed by atoms with E-state index in [1.54, 1.807) is 6.07 Å². The summed E-state index contributed by atoms with van der Waals surface area (Å²) < 4.78 is 24.5. The van der Waals surface area contributed by atoms with Crippen LogP contribution in [-0.4, -0.2) is 12.7 Å². The Labute approximate surface area is 96.4 Å². The maximum atomic E-state index is 13.9. The number of rotatable bonds is 3. The minimum atomic E-state index is -0.327. The Morgan fingerprint density at radius 1 is 1.25 bits per heavy atom. The Balaban J connectivity index is 2.90. The molecule has 0 aliphatic heterocycles. The zero-order valence-corrected chi connectivity index (χ0v) is 10.6. The fourth-order valence-corrected chi connectivity index (χ4v) is 1.35. The summed E-state index contributed by atoms with van der Waals surface area (Å²) in [4.78, 5) is 0. The molecule has 0 bridgehead atoms. The molecule has 0 aromatic heterocycles. The van der Waals surface area contributed by atoms with E-state index in [1.807, 2.05) is 33.8 Å². The molecule has 0 heterocycles. The Morgan fingerprint density at radius 2 is 1.88 bits per heavy atom. The minimum Gasteiger partial charge on any atom is -0.493 e. The van der Waals surface area contributed by atoms with Crippen LogP contribution in [0.3, 0.4) is 0 Å². The number of ether oxygens (including phenoxy) is 2. The van der Waals surface area contributed by atoms with E-state index in [2.05, 4.69) is 0 Å². The summed E-state index contributed by atoms with van der Waals surface area (Å²) in [5.74, 6) is -0.0261. The van der Waals surface area contributed by atoms with Crippen molar-refractivity contribution in [1.82, 2.24) is 0 Å². The third-order valence-electron chi connectivity index (χ3n) is 2.24. The molecule has 0 radical (unpaired) electrons. The summed E-state index contributed by atoms with van der Waals surface area (Å²) in [7, 11) is 1.47. The maximum absolute atomic E-state index is 13.9. The van der Waals surface area contributed by atoms with Gasteiger partial charge in [0.25, 0.3) is 0 Å². The Bertz CT molecular complexity index is 367. The van der Waals surface area contributed by atoms with Gasteiger partial charge < -0.3 is 9.47 Å². The summed E-state index contributed by atoms with van der Waals surface area (Å²) >= 11 is 0. The van der Waals surface area contributed by atoms with Crippen LogP contribution in [0.15, 0.2) is 12.1 Å². The lowest BCUT2D eigenvalue weighted by Crippen LogP contribution is -2.19. The van der Waals surface area contributed by atoms with Gasteiger partial charge in [-0.25, -0.2) is 4.39 Å². The van der Waals surface area contributed by atoms with E-state index in [0.717, 1.165) is 5.56 Å². The molecule has 90 valence electrons. The van der Waals surface area contributed by atoms with Gasteiger partial charge in [-0.3, -0.25) is 0 Å². The van der Waals surface area contributed by atoms with Gasteiger partial charge in [0.15, 0.2) is 11.6 Å². The fourth-order valence-electron chi connectivity index (χ4n) is 1.35. The summed E-state index contributed by atoms with van der Waals surface area (Å²) in [6, 6.07) is 3.57. The summed E-state index contributed by atoms with van der Waals surface area (Å²) in [5.41, 5.74) is 1.04. The van der Waals surface area contributed by atoms with Crippen molar-refractivity contribution in [1.29, 1.82) is 0 Å². The van der Waals surface area contributed by atoms with E-state index in [1.165, 1.54) is 7.11 Å². The van der Waals surface area contributed by atoms with E-state index in [9.17, 15) is 4.39 Å². The van der Waals surface area contributed by atoms with Crippen LogP contribution in [0, 0.1) is 12.7 Å². The predicted molar refractivity (Wildman–Crippen MR) is 62.2 cm³/mol. The second-order valence-electron chi connectivity index (χ2n) is 4.79. The first-order valence-electron chi connectivity index (χ1n) is 5.31. The van der Waals surface area contributed by atoms with Gasteiger partial charge in [-0.15, -0.1) is 0 Å². The van der Waals surface area contributed by atoms with Crippen LogP contribution in [0.1, 0.15) is 31.9 Å². The van der Waals surface area contributed by atoms with Crippen molar-refractivity contribution in [2.45, 2.75) is 39.9 Å². The Morgan fingerprint density at radius 3 is 2.38 bits per heavy atom. The van der Waals surface area contributed by atoms with Crippen molar-refractivity contribution >= 4 is 0 Å². The van der Waals surface area contributed by atoms with Gasteiger partial charge in [-0.05, 0) is 33.3 Å². The van der Waals surface area contributed by atoms with Crippen LogP contribution < -0.4 is 4.74 Å². The first-order chi connectivity index (χ1) is 7.35. The SMILES string of the molecule is COc1c(C)ccc(COC(C)(C)C)c1F. The maximum Gasteiger partial charge on any atom is 0.170 e. The van der Waals surface area contributed by atoms with Gasteiger partial charge >= 0.3 is 0 Å². The zero-order chi connectivity index (χ0) is 12.3. The van der Waals surface area contributed by atoms with Crippen LogP contribution in [0.2, 0.25) is 0 Å². The fraction of sp³-hybridized carbons (Fsp3) is 0.538. The Hall–Kier alpha value is -1.09. The van der Waals surface area contributed by atoms with Crippen molar-refractivity contribution in [3.8, 4) is 5.75 Å². The monoisotopic (exact) mass is 226 g/mol. The van der Waals surface area contributed by atoms with Crippen molar-refractivity contribution in [3.05, 3.63) is 29.1 Å². The lowest BCUT2D eigenvalue weighted by molar-refractivity contribution is -0.0162. The summed E-state index contributed by atoms with van der Waals surface area (Å²) in [6.45, 7) is 7.89. The molecule has 2 nitrogen and oxygen atoms in total. The van der Waals surface area contributed by atoms with E-state index in [-0.39, 0.29) is 18.0 Å². The highest BCUT2D eigenvalue weighted by Gasteiger charge is 2.15. The molecule has 1 aromatic carbocycles. The van der Waals surface area contributed by atoms with Crippen LogP contribution in [-0.2, 0) is 11.3 Å². The molecule has 0 unspecified atom stereocenters. The first kappa shape index (κ1) is 13.0. The number of methoxy groups -OCH3 is 1. The number of hydrogen-bond donors (Lipinski definition) is 0. The average Bonchev–Trinajstić information content (AvgIpc) is 2.16. The van der Waals surface area contributed by atoms with Crippen LogP contribution in [0.25, 0.3) is 0 Å². The second kappa shape index (κ2) is 4.83. The van der Waals surface area contributed by atoms with Crippen molar-refractivity contribution in [2.75, 3.05) is 7.11 Å². The number of aryl methyl sites for hydroxylation is 1. The van der Waals surface area contributed by atoms with Crippen molar-refractivity contribution in [2.24, 2.45) is 0 Å². The molecular weight excluding hydrogens is 207 g/mol. The molecule has 0 aliphatic carbocycles. The molecule has 0 saturated carbocycles. The van der Waals surface area contributed by atoms with Gasteiger partial charge in [0.05, 0.1) is 19.3 Å². The van der Waals surface area contributed by atoms with Crippen LogP contribution in [0.5, 0.6) is 5.75 Å². The van der Waals surface area contributed by atoms with Gasteiger partial charge in [0, 0.05) is 5.56 Å². The van der Waals surface area contributed by atoms with Crippen LogP contribution >= 0.6 is 0 Å². The molecule has 0 aliphatic rings. The van der Waals surface area contributed by atoms with E-state index in [0.29, 0.717) is 11.3 Å². The molecule has 0 N–H and O–H groups in total. The number of halogens is 1. The quantitative estimate of drug-likeness (QED) is 0.785. The molecule has 0 saturated heterocycles. The summed E-state index contributed by atoms with van der Waals surface area (Å²) in [6.07, 6.45) is 0. The third-order valence-corrected chi connectivity index (χ3v) is 2.24. The smallest absolute Gasteiger partial charge is 0.170 e. The van der Waals surface area contributed by atoms with E-state index < -0.39 is 0 Å². The van der Waals surface area contributed by atoms with Gasteiger partial charge in [-0.2, -0.15) is 0 Å². The largest absolute Gasteiger partial charge is 0.493 e. The second-order valence-corrected chi connectivity index (χ2v) is 4.79. The predicted octanol–water partition coefficient (Wildman–Crippen LogP) is 3.46. The zero-order valence-electron chi connectivity index (χ0n) is 10.6. The van der Waals surface area contributed by atoms with E-state index >= 15 is 0 Å². The van der Waals surface area contributed by atoms with Gasteiger partial charge in [0.1, 0.15) is 0 Å². The Kier molecular flexibility index (Phi) is 3.92. The van der Waals surface area contributed by atoms with Crippen LogP contribution in [0.4, 0.5) is 4.39 Å². The van der Waals surface area contributed by atoms with Crippen molar-refractivity contribution in [3.63, 3.8) is 0 Å². The highest BCUT2D eigenvalue weighted by atomic mass is 19.1. The molecular formula is C13H19FO2. The molecule has 0 atom stereocenters. The standard InChI is InChI=1S/C13H19FO2/c1-9-6-7-10(8-16-13(2,3)4)11(14)12(9)15-5/h6-7H,8H2,1-5H3.